The smallest absolute Gasteiger partial charge is 0.222 e. The lowest BCUT2D eigenvalue weighted by Crippen LogP contribution is -2.39. The number of amides is 1. The summed E-state index contributed by atoms with van der Waals surface area (Å²) in [4.78, 5) is 18.6. The Kier molecular flexibility index (Phi) is 8.11. The highest BCUT2D eigenvalue weighted by atomic mass is 16.2. The number of aliphatic imine (C=N–C) groups is 1. The normalized spacial score (nSPS) is 15.7. The number of likely N-dealkylation sites (tertiary alicyclic amines) is 1. The van der Waals surface area contributed by atoms with Gasteiger partial charge in [-0.05, 0) is 26.2 Å². The lowest BCUT2D eigenvalue weighted by Gasteiger charge is -2.20. The van der Waals surface area contributed by atoms with Crippen LogP contribution in [-0.2, 0) is 18.4 Å². The number of hydrogen-bond donors (Lipinski definition) is 2. The number of rotatable bonds is 8. The number of aromatic nitrogens is 3. The first kappa shape index (κ1) is 19.9. The summed E-state index contributed by atoms with van der Waals surface area (Å²) in [6.07, 6.45) is 6.67. The van der Waals surface area contributed by atoms with Crippen molar-refractivity contribution in [2.45, 2.75) is 45.6 Å². The third-order valence-electron chi connectivity index (χ3n) is 4.54. The molecule has 8 heteroatoms. The molecule has 1 amide bonds. The van der Waals surface area contributed by atoms with Gasteiger partial charge in [0.15, 0.2) is 11.8 Å². The molecule has 1 aliphatic rings. The average molecular weight is 361 g/mol. The van der Waals surface area contributed by atoms with E-state index in [0.29, 0.717) is 31.4 Å². The van der Waals surface area contributed by atoms with Crippen LogP contribution in [0.4, 0.5) is 0 Å². The standard InChI is InChI=1S/C18H31N7O/c1-4-10-19-18(21-14-16-23-22-15(2)24(16)3)20-11-8-13-25-12-7-5-6-9-17(25)26/h4H,1,5-14H2,2-3H3,(H2,19,20,21). The monoisotopic (exact) mass is 361 g/mol. The Morgan fingerprint density at radius 2 is 2.15 bits per heavy atom. The molecule has 0 saturated carbocycles. The molecule has 1 fully saturated rings. The molecule has 2 N–H and O–H groups in total. The zero-order chi connectivity index (χ0) is 18.8. The topological polar surface area (TPSA) is 87.4 Å². The molecule has 0 aromatic carbocycles. The van der Waals surface area contributed by atoms with Crippen LogP contribution in [0.1, 0.15) is 43.8 Å². The summed E-state index contributed by atoms with van der Waals surface area (Å²) in [5, 5.41) is 14.7. The van der Waals surface area contributed by atoms with Crippen molar-refractivity contribution in [1.29, 1.82) is 0 Å². The molecule has 0 atom stereocenters. The molecule has 26 heavy (non-hydrogen) atoms. The molecule has 1 aromatic rings. The minimum absolute atomic E-state index is 0.291. The summed E-state index contributed by atoms with van der Waals surface area (Å²) < 4.78 is 1.93. The van der Waals surface area contributed by atoms with E-state index in [2.05, 4.69) is 32.4 Å². The Morgan fingerprint density at radius 3 is 2.88 bits per heavy atom. The quantitative estimate of drug-likeness (QED) is 0.314. The second-order valence-electron chi connectivity index (χ2n) is 6.53. The van der Waals surface area contributed by atoms with E-state index < -0.39 is 0 Å². The molecule has 0 radical (unpaired) electrons. The molecular formula is C18H31N7O. The van der Waals surface area contributed by atoms with Crippen molar-refractivity contribution in [1.82, 2.24) is 30.3 Å². The summed E-state index contributed by atoms with van der Waals surface area (Å²) >= 11 is 0. The van der Waals surface area contributed by atoms with Crippen LogP contribution in [0.15, 0.2) is 17.6 Å². The van der Waals surface area contributed by atoms with Gasteiger partial charge in [0.1, 0.15) is 12.4 Å². The van der Waals surface area contributed by atoms with E-state index in [-0.39, 0.29) is 0 Å². The fourth-order valence-electron chi connectivity index (χ4n) is 2.83. The molecule has 1 aliphatic heterocycles. The maximum absolute atomic E-state index is 12.0. The maximum Gasteiger partial charge on any atom is 0.222 e. The van der Waals surface area contributed by atoms with Gasteiger partial charge >= 0.3 is 0 Å². The highest BCUT2D eigenvalue weighted by Crippen LogP contribution is 2.11. The third kappa shape index (κ3) is 6.16. The SMILES string of the molecule is C=CCNC(=NCc1nnc(C)n1C)NCCCN1CCCCCC1=O. The molecule has 0 bridgehead atoms. The zero-order valence-corrected chi connectivity index (χ0v) is 16.0. The molecule has 2 heterocycles. The van der Waals surface area contributed by atoms with E-state index in [1.165, 1.54) is 0 Å². The number of nitrogens with one attached hydrogen (secondary N) is 2. The van der Waals surface area contributed by atoms with E-state index in [9.17, 15) is 4.79 Å². The van der Waals surface area contributed by atoms with Crippen molar-refractivity contribution < 1.29 is 4.79 Å². The summed E-state index contributed by atoms with van der Waals surface area (Å²) in [6.45, 7) is 9.17. The highest BCUT2D eigenvalue weighted by Gasteiger charge is 2.15. The van der Waals surface area contributed by atoms with Crippen LogP contribution in [0.5, 0.6) is 0 Å². The van der Waals surface area contributed by atoms with Crippen molar-refractivity contribution >= 4 is 11.9 Å². The predicted octanol–water partition coefficient (Wildman–Crippen LogP) is 1.14. The van der Waals surface area contributed by atoms with Crippen LogP contribution in [-0.4, -0.2) is 57.7 Å². The molecule has 0 aliphatic carbocycles. The van der Waals surface area contributed by atoms with Gasteiger partial charge < -0.3 is 20.1 Å². The van der Waals surface area contributed by atoms with Crippen molar-refractivity contribution in [3.63, 3.8) is 0 Å². The lowest BCUT2D eigenvalue weighted by molar-refractivity contribution is -0.130. The molecule has 0 unspecified atom stereocenters. The van der Waals surface area contributed by atoms with Crippen molar-refractivity contribution in [2.24, 2.45) is 12.0 Å². The van der Waals surface area contributed by atoms with Gasteiger partial charge in [-0.1, -0.05) is 12.5 Å². The number of carbonyl (C=O) groups is 1. The fraction of sp³-hybridized carbons (Fsp3) is 0.667. The summed E-state index contributed by atoms with van der Waals surface area (Å²) in [7, 11) is 1.93. The van der Waals surface area contributed by atoms with Gasteiger partial charge in [0.2, 0.25) is 5.91 Å². The Bertz CT molecular complexity index is 623. The third-order valence-corrected chi connectivity index (χ3v) is 4.54. The number of guanidine groups is 1. The van der Waals surface area contributed by atoms with Gasteiger partial charge in [0.05, 0.1) is 0 Å². The van der Waals surface area contributed by atoms with Crippen molar-refractivity contribution in [2.75, 3.05) is 26.2 Å². The Hall–Kier alpha value is -2.38. The lowest BCUT2D eigenvalue weighted by atomic mass is 10.2. The highest BCUT2D eigenvalue weighted by molar-refractivity contribution is 5.79. The number of hydrogen-bond acceptors (Lipinski definition) is 4. The van der Waals surface area contributed by atoms with Crippen molar-refractivity contribution in [3.05, 3.63) is 24.3 Å². The fourth-order valence-corrected chi connectivity index (χ4v) is 2.83. The number of nitrogens with zero attached hydrogens (tertiary/aromatic N) is 5. The molecule has 0 spiro atoms. The maximum atomic E-state index is 12.0. The van der Waals surface area contributed by atoms with Gasteiger partial charge in [-0.15, -0.1) is 16.8 Å². The minimum atomic E-state index is 0.291. The molecule has 1 aromatic heterocycles. The van der Waals surface area contributed by atoms with Gasteiger partial charge in [-0.2, -0.15) is 0 Å². The molecule has 8 nitrogen and oxygen atoms in total. The second-order valence-corrected chi connectivity index (χ2v) is 6.53. The number of aryl methyl sites for hydroxylation is 1. The average Bonchev–Trinajstić information content (AvgIpc) is 2.82. The first-order valence-electron chi connectivity index (χ1n) is 9.37. The van der Waals surface area contributed by atoms with E-state index in [4.69, 9.17) is 0 Å². The van der Waals surface area contributed by atoms with Gasteiger partial charge in [-0.25, -0.2) is 4.99 Å². The Balaban J connectivity index is 1.81. The van der Waals surface area contributed by atoms with E-state index in [1.807, 2.05) is 23.4 Å². The summed E-state index contributed by atoms with van der Waals surface area (Å²) in [5.74, 6) is 2.69. The summed E-state index contributed by atoms with van der Waals surface area (Å²) in [6, 6.07) is 0. The first-order valence-corrected chi connectivity index (χ1v) is 9.37. The van der Waals surface area contributed by atoms with Crippen LogP contribution in [0.25, 0.3) is 0 Å². The van der Waals surface area contributed by atoms with E-state index >= 15 is 0 Å². The largest absolute Gasteiger partial charge is 0.356 e. The number of carbonyl (C=O) groups excluding carboxylic acids is 1. The van der Waals surface area contributed by atoms with Crippen LogP contribution >= 0.6 is 0 Å². The van der Waals surface area contributed by atoms with Crippen molar-refractivity contribution in [3.8, 4) is 0 Å². The van der Waals surface area contributed by atoms with Gasteiger partial charge in [0.25, 0.3) is 0 Å². The van der Waals surface area contributed by atoms with Gasteiger partial charge in [-0.3, -0.25) is 4.79 Å². The summed E-state index contributed by atoms with van der Waals surface area (Å²) in [5.41, 5.74) is 0. The van der Waals surface area contributed by atoms with E-state index in [1.54, 1.807) is 6.08 Å². The van der Waals surface area contributed by atoms with Gasteiger partial charge in [0, 0.05) is 39.6 Å². The van der Waals surface area contributed by atoms with Crippen LogP contribution < -0.4 is 10.6 Å². The Morgan fingerprint density at radius 1 is 1.31 bits per heavy atom. The molecule has 1 saturated heterocycles. The zero-order valence-electron chi connectivity index (χ0n) is 16.0. The Labute approximate surface area is 155 Å². The molecular weight excluding hydrogens is 330 g/mol. The molecule has 144 valence electrons. The molecule has 2 rings (SSSR count). The second kappa shape index (κ2) is 10.6. The van der Waals surface area contributed by atoms with Crippen LogP contribution in [0.2, 0.25) is 0 Å². The minimum Gasteiger partial charge on any atom is -0.356 e. The van der Waals surface area contributed by atoms with E-state index in [0.717, 1.165) is 57.0 Å². The van der Waals surface area contributed by atoms with Crippen LogP contribution in [0.3, 0.4) is 0 Å². The first-order chi connectivity index (χ1) is 12.6. The van der Waals surface area contributed by atoms with Crippen LogP contribution in [0, 0.1) is 6.92 Å². The predicted molar refractivity (Wildman–Crippen MR) is 103 cm³/mol.